The summed E-state index contributed by atoms with van der Waals surface area (Å²) < 4.78 is 10.5. The maximum Gasteiger partial charge on any atom is 0.315 e. The van der Waals surface area contributed by atoms with Crippen LogP contribution < -0.4 is 20.1 Å². The summed E-state index contributed by atoms with van der Waals surface area (Å²) in [6.45, 7) is 2.82. The molecule has 1 aliphatic carbocycles. The van der Waals surface area contributed by atoms with Crippen LogP contribution in [0.15, 0.2) is 18.2 Å². The molecule has 0 radical (unpaired) electrons. The van der Waals surface area contributed by atoms with Gasteiger partial charge in [0.25, 0.3) is 0 Å². The molecular weight excluding hydrogens is 318 g/mol. The SMILES string of the molecule is COc1ccc(CCNC(=O)NC2CCN(C3CC3)CC2)cc1OC. The van der Waals surface area contributed by atoms with Crippen molar-refractivity contribution < 1.29 is 14.3 Å². The minimum absolute atomic E-state index is 0.0645. The minimum Gasteiger partial charge on any atom is -0.493 e. The fourth-order valence-electron chi connectivity index (χ4n) is 3.44. The van der Waals surface area contributed by atoms with Crippen LogP contribution in [0.5, 0.6) is 11.5 Å². The second kappa shape index (κ2) is 8.43. The Morgan fingerprint density at radius 1 is 1.12 bits per heavy atom. The summed E-state index contributed by atoms with van der Waals surface area (Å²) in [4.78, 5) is 14.6. The lowest BCUT2D eigenvalue weighted by Gasteiger charge is -2.32. The highest BCUT2D eigenvalue weighted by atomic mass is 16.5. The van der Waals surface area contributed by atoms with Gasteiger partial charge in [0, 0.05) is 31.7 Å². The van der Waals surface area contributed by atoms with Crippen LogP contribution in [0.2, 0.25) is 0 Å². The van der Waals surface area contributed by atoms with E-state index in [4.69, 9.17) is 9.47 Å². The number of rotatable bonds is 7. The summed E-state index contributed by atoms with van der Waals surface area (Å²) in [5, 5.41) is 6.06. The molecule has 1 aromatic rings. The highest BCUT2D eigenvalue weighted by Crippen LogP contribution is 2.29. The Labute approximate surface area is 149 Å². The molecule has 2 N–H and O–H groups in total. The Balaban J connectivity index is 1.36. The van der Waals surface area contributed by atoms with E-state index < -0.39 is 0 Å². The Morgan fingerprint density at radius 3 is 2.48 bits per heavy atom. The van der Waals surface area contributed by atoms with Crippen molar-refractivity contribution in [3.05, 3.63) is 23.8 Å². The molecule has 2 aliphatic rings. The standard InChI is InChI=1S/C19H29N3O3/c1-24-17-6-3-14(13-18(17)25-2)7-10-20-19(23)21-15-8-11-22(12-9-15)16-4-5-16/h3,6,13,15-16H,4-5,7-12H2,1-2H3,(H2,20,21,23). The van der Waals surface area contributed by atoms with E-state index in [1.54, 1.807) is 14.2 Å². The van der Waals surface area contributed by atoms with E-state index in [2.05, 4.69) is 15.5 Å². The van der Waals surface area contributed by atoms with Crippen molar-refractivity contribution in [1.82, 2.24) is 15.5 Å². The van der Waals surface area contributed by atoms with Crippen LogP contribution in [0.25, 0.3) is 0 Å². The minimum atomic E-state index is -0.0645. The van der Waals surface area contributed by atoms with Gasteiger partial charge in [0.1, 0.15) is 0 Å². The van der Waals surface area contributed by atoms with Crippen LogP contribution in [0.4, 0.5) is 4.79 Å². The summed E-state index contributed by atoms with van der Waals surface area (Å²) in [6, 6.07) is 6.90. The van der Waals surface area contributed by atoms with Gasteiger partial charge in [-0.15, -0.1) is 0 Å². The molecule has 0 spiro atoms. The van der Waals surface area contributed by atoms with Crippen molar-refractivity contribution in [1.29, 1.82) is 0 Å². The monoisotopic (exact) mass is 347 g/mol. The van der Waals surface area contributed by atoms with E-state index in [1.165, 1.54) is 12.8 Å². The fraction of sp³-hybridized carbons (Fsp3) is 0.632. The molecule has 0 aromatic heterocycles. The molecule has 0 atom stereocenters. The van der Waals surface area contributed by atoms with E-state index in [1.807, 2.05) is 18.2 Å². The molecule has 138 valence electrons. The second-order valence-electron chi connectivity index (χ2n) is 6.88. The average Bonchev–Trinajstić information content (AvgIpc) is 3.47. The highest BCUT2D eigenvalue weighted by Gasteiger charge is 2.32. The quantitative estimate of drug-likeness (QED) is 0.794. The lowest BCUT2D eigenvalue weighted by atomic mass is 10.1. The number of ether oxygens (including phenoxy) is 2. The van der Waals surface area contributed by atoms with E-state index in [9.17, 15) is 4.79 Å². The number of benzene rings is 1. The summed E-state index contributed by atoms with van der Waals surface area (Å²) in [7, 11) is 3.25. The highest BCUT2D eigenvalue weighted by molar-refractivity contribution is 5.74. The summed E-state index contributed by atoms with van der Waals surface area (Å²) >= 11 is 0. The van der Waals surface area contributed by atoms with Gasteiger partial charge in [-0.2, -0.15) is 0 Å². The molecule has 6 heteroatoms. The van der Waals surface area contributed by atoms with Crippen molar-refractivity contribution >= 4 is 6.03 Å². The van der Waals surface area contributed by atoms with Crippen molar-refractivity contribution in [2.24, 2.45) is 0 Å². The Hall–Kier alpha value is -1.95. The number of likely N-dealkylation sites (tertiary alicyclic amines) is 1. The average molecular weight is 347 g/mol. The van der Waals surface area contributed by atoms with Gasteiger partial charge in [0.2, 0.25) is 0 Å². The third-order valence-electron chi connectivity index (χ3n) is 5.08. The van der Waals surface area contributed by atoms with Crippen LogP contribution in [0.1, 0.15) is 31.2 Å². The normalized spacial score (nSPS) is 18.6. The first-order valence-corrected chi connectivity index (χ1v) is 9.19. The van der Waals surface area contributed by atoms with Gasteiger partial charge in [0.05, 0.1) is 14.2 Å². The van der Waals surface area contributed by atoms with Gasteiger partial charge >= 0.3 is 6.03 Å². The number of piperidine rings is 1. The fourth-order valence-corrected chi connectivity index (χ4v) is 3.44. The van der Waals surface area contributed by atoms with Crippen molar-refractivity contribution in [3.8, 4) is 11.5 Å². The van der Waals surface area contributed by atoms with Gasteiger partial charge in [-0.05, 0) is 49.8 Å². The molecule has 6 nitrogen and oxygen atoms in total. The molecule has 3 rings (SSSR count). The molecule has 1 aromatic carbocycles. The number of nitrogens with zero attached hydrogens (tertiary/aromatic N) is 1. The molecule has 1 saturated heterocycles. The third-order valence-corrected chi connectivity index (χ3v) is 5.08. The van der Waals surface area contributed by atoms with Gasteiger partial charge in [-0.1, -0.05) is 6.07 Å². The van der Waals surface area contributed by atoms with E-state index >= 15 is 0 Å². The van der Waals surface area contributed by atoms with Gasteiger partial charge < -0.3 is 25.0 Å². The molecule has 0 unspecified atom stereocenters. The van der Waals surface area contributed by atoms with E-state index in [0.717, 1.165) is 49.7 Å². The number of carbonyl (C=O) groups is 1. The summed E-state index contributed by atoms with van der Waals surface area (Å²) in [5.41, 5.74) is 1.11. The number of carbonyl (C=O) groups excluding carboxylic acids is 1. The molecule has 1 saturated carbocycles. The number of urea groups is 1. The molecule has 2 amide bonds. The van der Waals surface area contributed by atoms with Gasteiger partial charge in [-0.3, -0.25) is 0 Å². The second-order valence-corrected chi connectivity index (χ2v) is 6.88. The van der Waals surface area contributed by atoms with Gasteiger partial charge in [-0.25, -0.2) is 4.79 Å². The van der Waals surface area contributed by atoms with Crippen molar-refractivity contribution in [3.63, 3.8) is 0 Å². The maximum absolute atomic E-state index is 12.1. The smallest absolute Gasteiger partial charge is 0.315 e. The zero-order chi connectivity index (χ0) is 17.6. The summed E-state index contributed by atoms with van der Waals surface area (Å²) in [5.74, 6) is 1.43. The predicted molar refractivity (Wildman–Crippen MR) is 97.4 cm³/mol. The summed E-state index contributed by atoms with van der Waals surface area (Å²) in [6.07, 6.45) is 5.58. The molecule has 0 bridgehead atoms. The Kier molecular flexibility index (Phi) is 6.02. The number of methoxy groups -OCH3 is 2. The van der Waals surface area contributed by atoms with Crippen LogP contribution in [-0.2, 0) is 6.42 Å². The lowest BCUT2D eigenvalue weighted by Crippen LogP contribution is -2.48. The zero-order valence-electron chi connectivity index (χ0n) is 15.2. The number of nitrogens with one attached hydrogen (secondary N) is 2. The molecule has 1 aliphatic heterocycles. The topological polar surface area (TPSA) is 62.8 Å². The van der Waals surface area contributed by atoms with Crippen LogP contribution >= 0.6 is 0 Å². The third kappa shape index (κ3) is 5.01. The van der Waals surface area contributed by atoms with Crippen LogP contribution in [-0.4, -0.2) is 56.9 Å². The largest absolute Gasteiger partial charge is 0.493 e. The van der Waals surface area contributed by atoms with Crippen LogP contribution in [0.3, 0.4) is 0 Å². The van der Waals surface area contributed by atoms with Crippen molar-refractivity contribution in [2.45, 2.75) is 44.2 Å². The van der Waals surface area contributed by atoms with Crippen molar-refractivity contribution in [2.75, 3.05) is 33.9 Å². The molecular formula is C19H29N3O3. The maximum atomic E-state index is 12.1. The van der Waals surface area contributed by atoms with Crippen LogP contribution in [0, 0.1) is 0 Å². The molecule has 25 heavy (non-hydrogen) atoms. The predicted octanol–water partition coefficient (Wildman–Crippen LogP) is 2.17. The number of amides is 2. The lowest BCUT2D eigenvalue weighted by molar-refractivity contribution is 0.186. The molecule has 2 fully saturated rings. The van der Waals surface area contributed by atoms with Gasteiger partial charge in [0.15, 0.2) is 11.5 Å². The Morgan fingerprint density at radius 2 is 1.84 bits per heavy atom. The zero-order valence-corrected chi connectivity index (χ0v) is 15.2. The number of hydrogen-bond acceptors (Lipinski definition) is 4. The first kappa shape index (κ1) is 17.9. The van der Waals surface area contributed by atoms with E-state index in [-0.39, 0.29) is 6.03 Å². The van der Waals surface area contributed by atoms with E-state index in [0.29, 0.717) is 18.3 Å². The number of hydrogen-bond donors (Lipinski definition) is 2. The molecule has 1 heterocycles. The Bertz CT molecular complexity index is 581. The first-order valence-electron chi connectivity index (χ1n) is 9.19. The first-order chi connectivity index (χ1) is 12.2.